The van der Waals surface area contributed by atoms with Crippen LogP contribution in [0.4, 0.5) is 0 Å². The van der Waals surface area contributed by atoms with E-state index in [2.05, 4.69) is 6.92 Å². The highest BCUT2D eigenvalue weighted by molar-refractivity contribution is 6.44. The second-order valence-corrected chi connectivity index (χ2v) is 5.72. The van der Waals surface area contributed by atoms with Crippen molar-refractivity contribution in [3.8, 4) is 5.75 Å². The summed E-state index contributed by atoms with van der Waals surface area (Å²) in [6, 6.07) is 8.27. The third-order valence-corrected chi connectivity index (χ3v) is 4.59. The number of phenols is 1. The number of rotatable bonds is 7. The van der Waals surface area contributed by atoms with E-state index < -0.39 is 9.28 Å². The van der Waals surface area contributed by atoms with Gasteiger partial charge in [0, 0.05) is 12.2 Å². The predicted octanol–water partition coefficient (Wildman–Crippen LogP) is 2.58. The quantitative estimate of drug-likeness (QED) is 0.744. The van der Waals surface area contributed by atoms with Crippen LogP contribution in [0.25, 0.3) is 0 Å². The molecule has 0 heterocycles. The Balaban J connectivity index is 2.45. The third kappa shape index (κ3) is 4.34. The van der Waals surface area contributed by atoms with Crippen molar-refractivity contribution in [2.24, 2.45) is 0 Å². The molecule has 0 aliphatic carbocycles. The molecule has 0 saturated carbocycles. The molecule has 0 aliphatic rings. The summed E-state index contributed by atoms with van der Waals surface area (Å²) in [5.41, 5.74) is 0.829. The van der Waals surface area contributed by atoms with Gasteiger partial charge < -0.3 is 14.0 Å². The number of hydrogen-bond donors (Lipinski definition) is 1. The summed E-state index contributed by atoms with van der Waals surface area (Å²) in [5, 5.41) is 9.58. The zero-order valence-electron chi connectivity index (χ0n) is 9.98. The molecule has 1 rings (SSSR count). The SMILES string of the molecule is CCC[SiH](OCC)OCc1ccccc1O. The summed E-state index contributed by atoms with van der Waals surface area (Å²) >= 11 is 0. The largest absolute Gasteiger partial charge is 0.508 e. The van der Waals surface area contributed by atoms with Crippen LogP contribution in [0, 0.1) is 0 Å². The van der Waals surface area contributed by atoms with Crippen LogP contribution in [0.15, 0.2) is 24.3 Å². The molecule has 90 valence electrons. The van der Waals surface area contributed by atoms with Gasteiger partial charge in [-0.05, 0) is 19.0 Å². The van der Waals surface area contributed by atoms with Crippen LogP contribution >= 0.6 is 0 Å². The van der Waals surface area contributed by atoms with Crippen molar-refractivity contribution in [1.29, 1.82) is 0 Å². The second-order valence-electron chi connectivity index (χ2n) is 3.61. The predicted molar refractivity (Wildman–Crippen MR) is 66.8 cm³/mol. The molecule has 1 aromatic carbocycles. The Morgan fingerprint density at radius 2 is 1.94 bits per heavy atom. The number of phenolic OH excluding ortho intramolecular Hbond substituents is 1. The highest BCUT2D eigenvalue weighted by atomic mass is 28.3. The molecule has 1 aromatic rings. The topological polar surface area (TPSA) is 38.7 Å². The molecule has 4 heteroatoms. The highest BCUT2D eigenvalue weighted by Crippen LogP contribution is 2.17. The molecule has 0 bridgehead atoms. The maximum atomic E-state index is 9.58. The smallest absolute Gasteiger partial charge is 0.321 e. The van der Waals surface area contributed by atoms with Crippen molar-refractivity contribution in [2.45, 2.75) is 32.9 Å². The molecule has 0 fully saturated rings. The van der Waals surface area contributed by atoms with Gasteiger partial charge in [0.1, 0.15) is 5.75 Å². The summed E-state index contributed by atoms with van der Waals surface area (Å²) in [6.45, 7) is 5.27. The minimum atomic E-state index is -1.54. The van der Waals surface area contributed by atoms with Gasteiger partial charge in [-0.25, -0.2) is 0 Å². The molecule has 0 aliphatic heterocycles. The lowest BCUT2D eigenvalue weighted by Crippen LogP contribution is -2.22. The van der Waals surface area contributed by atoms with Crippen molar-refractivity contribution in [3.63, 3.8) is 0 Å². The van der Waals surface area contributed by atoms with Gasteiger partial charge in [-0.15, -0.1) is 0 Å². The number of benzene rings is 1. The van der Waals surface area contributed by atoms with Crippen LogP contribution in [0.1, 0.15) is 25.8 Å². The van der Waals surface area contributed by atoms with E-state index in [0.717, 1.165) is 18.0 Å². The van der Waals surface area contributed by atoms with Crippen molar-refractivity contribution in [1.82, 2.24) is 0 Å². The standard InChI is InChI=1S/C12H20O3Si/c1-3-9-16(14-4-2)15-10-11-7-5-6-8-12(11)13/h5-8,13,16H,3-4,9-10H2,1-2H3. The van der Waals surface area contributed by atoms with Crippen LogP contribution in [-0.2, 0) is 15.5 Å². The minimum Gasteiger partial charge on any atom is -0.508 e. The summed E-state index contributed by atoms with van der Waals surface area (Å²) in [6.07, 6.45) is 1.08. The highest BCUT2D eigenvalue weighted by Gasteiger charge is 2.12. The zero-order valence-corrected chi connectivity index (χ0v) is 11.1. The van der Waals surface area contributed by atoms with Crippen molar-refractivity contribution < 1.29 is 14.0 Å². The monoisotopic (exact) mass is 240 g/mol. The molecule has 0 radical (unpaired) electrons. The van der Waals surface area contributed by atoms with Crippen LogP contribution in [0.5, 0.6) is 5.75 Å². The fraction of sp³-hybridized carbons (Fsp3) is 0.500. The van der Waals surface area contributed by atoms with Gasteiger partial charge >= 0.3 is 9.28 Å². The number of para-hydroxylation sites is 1. The fourth-order valence-corrected chi connectivity index (χ4v) is 3.09. The normalized spacial score (nSPS) is 12.6. The number of aromatic hydroxyl groups is 1. The average Bonchev–Trinajstić information content (AvgIpc) is 2.28. The summed E-state index contributed by atoms with van der Waals surface area (Å²) in [5.74, 6) is 0.295. The van der Waals surface area contributed by atoms with Crippen molar-refractivity contribution in [2.75, 3.05) is 6.61 Å². The van der Waals surface area contributed by atoms with Gasteiger partial charge in [0.05, 0.1) is 6.61 Å². The molecule has 0 amide bonds. The van der Waals surface area contributed by atoms with Crippen LogP contribution in [-0.4, -0.2) is 21.0 Å². The zero-order chi connectivity index (χ0) is 11.8. The molecular formula is C12H20O3Si. The van der Waals surface area contributed by atoms with Crippen molar-refractivity contribution in [3.05, 3.63) is 29.8 Å². The Hall–Kier alpha value is -0.843. The van der Waals surface area contributed by atoms with Gasteiger partial charge in [-0.3, -0.25) is 0 Å². The summed E-state index contributed by atoms with van der Waals surface area (Å²) in [7, 11) is -1.54. The molecule has 1 atom stereocenters. The van der Waals surface area contributed by atoms with Gasteiger partial charge in [0.15, 0.2) is 0 Å². The minimum absolute atomic E-state index is 0.295. The van der Waals surface area contributed by atoms with E-state index in [1.165, 1.54) is 0 Å². The third-order valence-electron chi connectivity index (χ3n) is 2.29. The lowest BCUT2D eigenvalue weighted by molar-refractivity contribution is 0.194. The summed E-state index contributed by atoms with van der Waals surface area (Å²) < 4.78 is 11.3. The lowest BCUT2D eigenvalue weighted by atomic mass is 10.2. The van der Waals surface area contributed by atoms with Crippen molar-refractivity contribution >= 4 is 9.28 Å². The maximum absolute atomic E-state index is 9.58. The van der Waals surface area contributed by atoms with E-state index in [-0.39, 0.29) is 0 Å². The molecule has 0 spiro atoms. The Bertz CT molecular complexity index is 298. The van der Waals surface area contributed by atoms with E-state index in [1.807, 2.05) is 25.1 Å². The van der Waals surface area contributed by atoms with Crippen LogP contribution < -0.4 is 0 Å². The first kappa shape index (κ1) is 13.2. The van der Waals surface area contributed by atoms with E-state index in [1.54, 1.807) is 6.07 Å². The van der Waals surface area contributed by atoms with Gasteiger partial charge in [0.2, 0.25) is 0 Å². The molecule has 3 nitrogen and oxygen atoms in total. The van der Waals surface area contributed by atoms with Gasteiger partial charge in [-0.1, -0.05) is 31.5 Å². The Morgan fingerprint density at radius 3 is 2.56 bits per heavy atom. The second kappa shape index (κ2) is 7.43. The van der Waals surface area contributed by atoms with Gasteiger partial charge in [0.25, 0.3) is 0 Å². The molecule has 16 heavy (non-hydrogen) atoms. The van der Waals surface area contributed by atoms with E-state index in [0.29, 0.717) is 19.0 Å². The Kier molecular flexibility index (Phi) is 6.14. The van der Waals surface area contributed by atoms with E-state index >= 15 is 0 Å². The van der Waals surface area contributed by atoms with E-state index in [4.69, 9.17) is 8.85 Å². The first-order chi connectivity index (χ1) is 7.77. The van der Waals surface area contributed by atoms with Gasteiger partial charge in [-0.2, -0.15) is 0 Å². The van der Waals surface area contributed by atoms with Crippen LogP contribution in [0.2, 0.25) is 6.04 Å². The first-order valence-corrected chi connectivity index (χ1v) is 7.54. The number of hydrogen-bond acceptors (Lipinski definition) is 3. The van der Waals surface area contributed by atoms with E-state index in [9.17, 15) is 5.11 Å². The average molecular weight is 240 g/mol. The molecule has 1 N–H and O–H groups in total. The molecular weight excluding hydrogens is 220 g/mol. The first-order valence-electron chi connectivity index (χ1n) is 5.78. The molecule has 1 unspecified atom stereocenters. The molecule has 0 aromatic heterocycles. The Labute approximate surface area is 98.9 Å². The van der Waals surface area contributed by atoms with Crippen LogP contribution in [0.3, 0.4) is 0 Å². The maximum Gasteiger partial charge on any atom is 0.321 e. The summed E-state index contributed by atoms with van der Waals surface area (Å²) in [4.78, 5) is 0. The fourth-order valence-electron chi connectivity index (χ4n) is 1.45. The Morgan fingerprint density at radius 1 is 1.19 bits per heavy atom. The molecule has 0 saturated heterocycles. The lowest BCUT2D eigenvalue weighted by Gasteiger charge is -2.15.